The predicted octanol–water partition coefficient (Wildman–Crippen LogP) is 6.65. The first-order valence-corrected chi connectivity index (χ1v) is 14.0. The Labute approximate surface area is 226 Å². The van der Waals surface area contributed by atoms with Crippen LogP contribution in [0.25, 0.3) is 21.8 Å². The minimum atomic E-state index is -0.553. The molecule has 1 atom stereocenters. The zero-order chi connectivity index (χ0) is 27.5. The van der Waals surface area contributed by atoms with Gasteiger partial charge in [-0.2, -0.15) is 0 Å². The summed E-state index contributed by atoms with van der Waals surface area (Å²) in [4.78, 5) is 23.9. The van der Waals surface area contributed by atoms with Crippen LogP contribution in [0.4, 0.5) is 4.79 Å². The number of fused-ring (bicyclic) bond motifs is 3. The molecule has 1 aliphatic heterocycles. The van der Waals surface area contributed by atoms with Crippen LogP contribution in [0.1, 0.15) is 99.4 Å². The standard InChI is InChI=1S/C30H42BN3O4/c1-19(34(22-12-10-9-11-13-22)27(35)36-28(2,3)4)26-32-24-17-14-20-18-21(15-16-23(20)25(24)33-26)31-37-29(5,6)30(7,8)38-31/h14-19,22H,9-13H2,1-8H3,(H,32,33). The molecule has 2 fully saturated rings. The van der Waals surface area contributed by atoms with Crippen LogP contribution in [0.5, 0.6) is 0 Å². The molecule has 0 spiro atoms. The van der Waals surface area contributed by atoms with Gasteiger partial charge in [0.05, 0.1) is 28.3 Å². The van der Waals surface area contributed by atoms with Crippen LogP contribution in [0, 0.1) is 0 Å². The lowest BCUT2D eigenvalue weighted by Gasteiger charge is -2.38. The molecule has 0 bridgehead atoms. The topological polar surface area (TPSA) is 76.7 Å². The number of rotatable bonds is 4. The number of amides is 1. The van der Waals surface area contributed by atoms with Gasteiger partial charge in [0, 0.05) is 11.4 Å². The Hall–Kier alpha value is -2.58. The fourth-order valence-electron chi connectivity index (χ4n) is 5.59. The number of benzene rings is 2. The summed E-state index contributed by atoms with van der Waals surface area (Å²) in [5, 5.41) is 2.13. The number of imidazole rings is 1. The quantitative estimate of drug-likeness (QED) is 0.391. The molecule has 0 radical (unpaired) electrons. The van der Waals surface area contributed by atoms with Gasteiger partial charge >= 0.3 is 13.2 Å². The largest absolute Gasteiger partial charge is 0.494 e. The molecule has 1 aromatic heterocycles. The third-order valence-corrected chi connectivity index (χ3v) is 8.42. The second kappa shape index (κ2) is 9.56. The van der Waals surface area contributed by atoms with Gasteiger partial charge in [0.25, 0.3) is 0 Å². The normalized spacial score (nSPS) is 20.7. The van der Waals surface area contributed by atoms with Crippen molar-refractivity contribution < 1.29 is 18.8 Å². The maximum absolute atomic E-state index is 13.4. The van der Waals surface area contributed by atoms with E-state index in [0.29, 0.717) is 0 Å². The molecule has 2 aromatic carbocycles. The lowest BCUT2D eigenvalue weighted by Crippen LogP contribution is -2.45. The third-order valence-electron chi connectivity index (χ3n) is 8.42. The van der Waals surface area contributed by atoms with Crippen molar-refractivity contribution in [3.63, 3.8) is 0 Å². The van der Waals surface area contributed by atoms with Gasteiger partial charge in [-0.15, -0.1) is 0 Å². The molecule has 1 aliphatic carbocycles. The van der Waals surface area contributed by atoms with Gasteiger partial charge in [-0.3, -0.25) is 4.90 Å². The average molecular weight is 519 g/mol. The Balaban J connectivity index is 1.47. The summed E-state index contributed by atoms with van der Waals surface area (Å²) in [6.07, 6.45) is 5.20. The lowest BCUT2D eigenvalue weighted by molar-refractivity contribution is 0.000820. The third kappa shape index (κ3) is 5.05. The summed E-state index contributed by atoms with van der Waals surface area (Å²) in [5.74, 6) is 0.777. The molecule has 1 amide bonds. The zero-order valence-electron chi connectivity index (χ0n) is 24.2. The van der Waals surface area contributed by atoms with Gasteiger partial charge < -0.3 is 19.0 Å². The molecule has 1 unspecified atom stereocenters. The van der Waals surface area contributed by atoms with E-state index in [1.165, 1.54) is 6.42 Å². The number of hydrogen-bond acceptors (Lipinski definition) is 5. The molecule has 8 heteroatoms. The summed E-state index contributed by atoms with van der Waals surface area (Å²) in [7, 11) is -0.409. The van der Waals surface area contributed by atoms with Crippen LogP contribution in [-0.2, 0) is 14.0 Å². The van der Waals surface area contributed by atoms with Gasteiger partial charge in [0.15, 0.2) is 0 Å². The van der Waals surface area contributed by atoms with E-state index < -0.39 is 12.7 Å². The Morgan fingerprint density at radius 2 is 1.74 bits per heavy atom. The molecule has 2 aliphatic rings. The van der Waals surface area contributed by atoms with E-state index in [0.717, 1.165) is 58.8 Å². The molecule has 204 valence electrons. The SMILES string of the molecule is CC(c1nc2c(ccc3cc(B4OC(C)(C)C(C)(C)O4)ccc32)[nH]1)N(C(=O)OC(C)(C)C)C1CCCCC1. The van der Waals surface area contributed by atoms with Crippen molar-refractivity contribution in [2.45, 2.75) is 116 Å². The highest BCUT2D eigenvalue weighted by Gasteiger charge is 2.51. The molecule has 1 N–H and O–H groups in total. The first-order valence-electron chi connectivity index (χ1n) is 14.0. The number of carbonyl (C=O) groups excluding carboxylic acids is 1. The highest BCUT2D eigenvalue weighted by molar-refractivity contribution is 6.62. The molecule has 1 saturated heterocycles. The van der Waals surface area contributed by atoms with Crippen molar-refractivity contribution in [3.8, 4) is 0 Å². The van der Waals surface area contributed by atoms with E-state index in [1.54, 1.807) is 0 Å². The van der Waals surface area contributed by atoms with Crippen molar-refractivity contribution in [2.24, 2.45) is 0 Å². The maximum Gasteiger partial charge on any atom is 0.494 e. The lowest BCUT2D eigenvalue weighted by atomic mass is 9.78. The molecule has 38 heavy (non-hydrogen) atoms. The van der Waals surface area contributed by atoms with E-state index in [4.69, 9.17) is 19.0 Å². The van der Waals surface area contributed by atoms with Crippen molar-refractivity contribution in [1.29, 1.82) is 0 Å². The van der Waals surface area contributed by atoms with E-state index in [9.17, 15) is 4.79 Å². The van der Waals surface area contributed by atoms with Crippen molar-refractivity contribution in [2.75, 3.05) is 0 Å². The average Bonchev–Trinajstić information content (AvgIpc) is 3.36. The number of aromatic amines is 1. The first-order chi connectivity index (χ1) is 17.8. The van der Waals surface area contributed by atoms with Crippen LogP contribution >= 0.6 is 0 Å². The number of H-pyrrole nitrogens is 1. The second-order valence-corrected chi connectivity index (χ2v) is 13.0. The number of hydrogen-bond donors (Lipinski definition) is 1. The maximum atomic E-state index is 13.4. The Morgan fingerprint density at radius 1 is 1.08 bits per heavy atom. The van der Waals surface area contributed by atoms with Gasteiger partial charge in [-0.25, -0.2) is 9.78 Å². The first kappa shape index (κ1) is 27.0. The Morgan fingerprint density at radius 3 is 2.37 bits per heavy atom. The van der Waals surface area contributed by atoms with Crippen molar-refractivity contribution >= 4 is 40.5 Å². The molecular weight excluding hydrogens is 477 g/mol. The summed E-state index contributed by atoms with van der Waals surface area (Å²) in [6, 6.07) is 10.4. The predicted molar refractivity (Wildman–Crippen MR) is 153 cm³/mol. The summed E-state index contributed by atoms with van der Waals surface area (Å²) in [6.45, 7) is 16.1. The monoisotopic (exact) mass is 519 g/mol. The number of ether oxygens (including phenoxy) is 1. The van der Waals surface area contributed by atoms with Gasteiger partial charge in [-0.1, -0.05) is 43.5 Å². The van der Waals surface area contributed by atoms with E-state index in [-0.39, 0.29) is 29.4 Å². The molecule has 2 heterocycles. The van der Waals surface area contributed by atoms with E-state index in [2.05, 4.69) is 69.9 Å². The van der Waals surface area contributed by atoms with Crippen LogP contribution in [0.3, 0.4) is 0 Å². The zero-order valence-corrected chi connectivity index (χ0v) is 24.2. The number of nitrogens with zero attached hydrogens (tertiary/aromatic N) is 2. The van der Waals surface area contributed by atoms with E-state index >= 15 is 0 Å². The molecule has 3 aromatic rings. The van der Waals surface area contributed by atoms with Gasteiger partial charge in [0.2, 0.25) is 0 Å². The minimum Gasteiger partial charge on any atom is -0.444 e. The van der Waals surface area contributed by atoms with Gasteiger partial charge in [0.1, 0.15) is 11.4 Å². The highest BCUT2D eigenvalue weighted by Crippen LogP contribution is 2.37. The fourth-order valence-corrected chi connectivity index (χ4v) is 5.59. The molecule has 5 rings (SSSR count). The van der Waals surface area contributed by atoms with E-state index in [1.807, 2.05) is 25.7 Å². The summed E-state index contributed by atoms with van der Waals surface area (Å²) < 4.78 is 18.4. The van der Waals surface area contributed by atoms with Crippen LogP contribution in [0.15, 0.2) is 30.3 Å². The smallest absolute Gasteiger partial charge is 0.444 e. The summed E-state index contributed by atoms with van der Waals surface area (Å²) in [5.41, 5.74) is 1.52. The Bertz CT molecular complexity index is 1320. The second-order valence-electron chi connectivity index (χ2n) is 13.0. The summed E-state index contributed by atoms with van der Waals surface area (Å²) >= 11 is 0. The van der Waals surface area contributed by atoms with Crippen LogP contribution in [-0.4, -0.2) is 50.9 Å². The van der Waals surface area contributed by atoms with Crippen molar-refractivity contribution in [1.82, 2.24) is 14.9 Å². The molecule has 7 nitrogen and oxygen atoms in total. The Kier molecular flexibility index (Phi) is 6.80. The van der Waals surface area contributed by atoms with Crippen LogP contribution in [0.2, 0.25) is 0 Å². The van der Waals surface area contributed by atoms with Gasteiger partial charge in [-0.05, 0) is 85.1 Å². The number of nitrogens with one attached hydrogen (secondary N) is 1. The van der Waals surface area contributed by atoms with Crippen LogP contribution < -0.4 is 5.46 Å². The number of aromatic nitrogens is 2. The number of carbonyl (C=O) groups is 1. The fraction of sp³-hybridized carbons (Fsp3) is 0.600. The highest BCUT2D eigenvalue weighted by atomic mass is 16.7. The molecular formula is C30H42BN3O4. The molecule has 1 saturated carbocycles. The van der Waals surface area contributed by atoms with Crippen molar-refractivity contribution in [3.05, 3.63) is 36.2 Å². The minimum absolute atomic E-state index is 0.154.